The lowest BCUT2D eigenvalue weighted by Crippen LogP contribution is -1.89. The summed E-state index contributed by atoms with van der Waals surface area (Å²) in [5.41, 5.74) is 19.2. The first-order valence-corrected chi connectivity index (χ1v) is 18.6. The summed E-state index contributed by atoms with van der Waals surface area (Å²) in [6, 6.07) is 83.4. The van der Waals surface area contributed by atoms with E-state index in [4.69, 9.17) is 0 Å². The first-order valence-electron chi connectivity index (χ1n) is 18.6. The second-order valence-electron chi connectivity index (χ2n) is 13.8. The zero-order valence-electron chi connectivity index (χ0n) is 29.9. The molecule has 0 unspecified atom stereocenters. The Morgan fingerprint density at radius 2 is 0.259 bits per heavy atom. The minimum Gasteiger partial charge on any atom is -0.0622 e. The van der Waals surface area contributed by atoms with Gasteiger partial charge in [0.1, 0.15) is 0 Å². The Hall–Kier alpha value is -7.02. The summed E-state index contributed by atoms with van der Waals surface area (Å²) in [6.45, 7) is 0. The van der Waals surface area contributed by atoms with Crippen LogP contribution >= 0.6 is 0 Å². The molecule has 0 bridgehead atoms. The van der Waals surface area contributed by atoms with Gasteiger partial charge in [-0.2, -0.15) is 0 Å². The molecule has 0 atom stereocenters. The van der Waals surface area contributed by atoms with Crippen LogP contribution in [-0.2, 0) is 0 Å². The second-order valence-corrected chi connectivity index (χ2v) is 13.8. The molecule has 0 nitrogen and oxygen atoms in total. The molecular formula is C54H38. The van der Waals surface area contributed by atoms with Crippen LogP contribution in [0.2, 0.25) is 0 Å². The van der Waals surface area contributed by atoms with Crippen molar-refractivity contribution in [3.05, 3.63) is 231 Å². The third kappa shape index (κ3) is 7.06. The van der Waals surface area contributed by atoms with Gasteiger partial charge in [0.05, 0.1) is 0 Å². The topological polar surface area (TPSA) is 0 Å². The maximum Gasteiger partial charge on any atom is -0.0171 e. The minimum atomic E-state index is 1.19. The Labute approximate surface area is 318 Å². The third-order valence-electron chi connectivity index (χ3n) is 10.2. The highest BCUT2D eigenvalue weighted by molar-refractivity contribution is 5.86. The highest BCUT2D eigenvalue weighted by Gasteiger charge is 2.12. The Morgan fingerprint density at radius 3 is 0.481 bits per heavy atom. The highest BCUT2D eigenvalue weighted by atomic mass is 14.2. The van der Waals surface area contributed by atoms with Crippen LogP contribution in [-0.4, -0.2) is 0 Å². The van der Waals surface area contributed by atoms with Crippen molar-refractivity contribution in [2.75, 3.05) is 0 Å². The molecule has 0 N–H and O–H groups in total. The van der Waals surface area contributed by atoms with Gasteiger partial charge in [-0.1, -0.05) is 182 Å². The van der Waals surface area contributed by atoms with Crippen LogP contribution in [0, 0.1) is 0 Å². The standard InChI is InChI=1S/C54H38/c1-4-15-39(16-5-1)42-21-10-24-45(31-42)47-26-13-29-50(34-47)53-36-52(49-28-12-23-44(33-49)41-19-8-3-9-20-41)37-54(38-53)51-30-14-27-48(35-51)46-25-11-22-43(32-46)40-17-6-2-7-18-40/h1-38H. The van der Waals surface area contributed by atoms with Gasteiger partial charge in [0, 0.05) is 0 Å². The molecule has 0 aliphatic carbocycles. The summed E-state index contributed by atoms with van der Waals surface area (Å²) in [7, 11) is 0. The van der Waals surface area contributed by atoms with E-state index >= 15 is 0 Å². The zero-order valence-corrected chi connectivity index (χ0v) is 29.9. The lowest BCUT2D eigenvalue weighted by atomic mass is 9.90. The molecule has 0 fully saturated rings. The molecule has 0 saturated carbocycles. The molecule has 9 aromatic carbocycles. The fourth-order valence-electron chi connectivity index (χ4n) is 7.41. The van der Waals surface area contributed by atoms with Crippen LogP contribution in [0.4, 0.5) is 0 Å². The van der Waals surface area contributed by atoms with Crippen molar-refractivity contribution in [3.8, 4) is 89.0 Å². The van der Waals surface area contributed by atoms with Gasteiger partial charge in [-0.25, -0.2) is 0 Å². The molecule has 0 aliphatic heterocycles. The summed E-state index contributed by atoms with van der Waals surface area (Å²) in [5.74, 6) is 0. The summed E-state index contributed by atoms with van der Waals surface area (Å²) >= 11 is 0. The van der Waals surface area contributed by atoms with Gasteiger partial charge in [-0.15, -0.1) is 0 Å². The summed E-state index contributed by atoms with van der Waals surface area (Å²) < 4.78 is 0. The first kappa shape index (κ1) is 32.9. The van der Waals surface area contributed by atoms with Crippen molar-refractivity contribution in [1.82, 2.24) is 0 Å². The Kier molecular flexibility index (Phi) is 9.07. The fourth-order valence-corrected chi connectivity index (χ4v) is 7.41. The van der Waals surface area contributed by atoms with Crippen LogP contribution in [0.1, 0.15) is 0 Å². The summed E-state index contributed by atoms with van der Waals surface area (Å²) in [5, 5.41) is 0. The van der Waals surface area contributed by atoms with Gasteiger partial charge in [0.25, 0.3) is 0 Å². The SMILES string of the molecule is c1ccc(-c2cccc(-c3cccc(-c4cc(-c5cccc(-c6ccccc6)c5)cc(-c5cccc(-c6cccc(-c7ccccc7)c6)c5)c4)c3)c2)cc1. The third-order valence-corrected chi connectivity index (χ3v) is 10.2. The zero-order chi connectivity index (χ0) is 36.1. The molecule has 0 heterocycles. The quantitative estimate of drug-likeness (QED) is 0.149. The molecule has 9 rings (SSSR count). The maximum absolute atomic E-state index is 2.35. The molecule has 0 aromatic heterocycles. The smallest absolute Gasteiger partial charge is 0.0171 e. The molecule has 9 aromatic rings. The van der Waals surface area contributed by atoms with Crippen molar-refractivity contribution < 1.29 is 0 Å². The van der Waals surface area contributed by atoms with E-state index in [9.17, 15) is 0 Å². The Balaban J connectivity index is 1.15. The first-order chi connectivity index (χ1) is 26.7. The molecule has 0 radical (unpaired) electrons. The van der Waals surface area contributed by atoms with E-state index in [1.807, 2.05) is 0 Å². The van der Waals surface area contributed by atoms with Crippen LogP contribution < -0.4 is 0 Å². The maximum atomic E-state index is 2.35. The molecule has 254 valence electrons. The highest BCUT2D eigenvalue weighted by Crippen LogP contribution is 2.38. The van der Waals surface area contributed by atoms with Crippen LogP contribution in [0.5, 0.6) is 0 Å². The predicted molar refractivity (Wildman–Crippen MR) is 230 cm³/mol. The summed E-state index contributed by atoms with van der Waals surface area (Å²) in [4.78, 5) is 0. The van der Waals surface area contributed by atoms with Crippen molar-refractivity contribution in [3.63, 3.8) is 0 Å². The van der Waals surface area contributed by atoms with Gasteiger partial charge in [0.2, 0.25) is 0 Å². The molecule has 0 amide bonds. The largest absolute Gasteiger partial charge is 0.0622 e. The van der Waals surface area contributed by atoms with Gasteiger partial charge in [-0.05, 0) is 138 Å². The predicted octanol–water partition coefficient (Wildman–Crippen LogP) is 15.0. The van der Waals surface area contributed by atoms with E-state index in [-0.39, 0.29) is 0 Å². The average Bonchev–Trinajstić information content (AvgIpc) is 3.27. The molecule has 54 heavy (non-hydrogen) atoms. The van der Waals surface area contributed by atoms with Crippen LogP contribution in [0.15, 0.2) is 231 Å². The van der Waals surface area contributed by atoms with Gasteiger partial charge in [-0.3, -0.25) is 0 Å². The monoisotopic (exact) mass is 686 g/mol. The van der Waals surface area contributed by atoms with Crippen molar-refractivity contribution in [2.45, 2.75) is 0 Å². The van der Waals surface area contributed by atoms with Crippen molar-refractivity contribution >= 4 is 0 Å². The average molecular weight is 687 g/mol. The lowest BCUT2D eigenvalue weighted by Gasteiger charge is -2.14. The van der Waals surface area contributed by atoms with E-state index in [2.05, 4.69) is 231 Å². The molecule has 0 saturated heterocycles. The molecule has 0 spiro atoms. The molecule has 0 heteroatoms. The lowest BCUT2D eigenvalue weighted by molar-refractivity contribution is 1.54. The van der Waals surface area contributed by atoms with E-state index < -0.39 is 0 Å². The van der Waals surface area contributed by atoms with Gasteiger partial charge >= 0.3 is 0 Å². The Bertz CT molecular complexity index is 2540. The fraction of sp³-hybridized carbons (Fsp3) is 0. The number of rotatable bonds is 8. The second kappa shape index (κ2) is 14.9. The summed E-state index contributed by atoms with van der Waals surface area (Å²) in [6.07, 6.45) is 0. The van der Waals surface area contributed by atoms with Gasteiger partial charge in [0.15, 0.2) is 0 Å². The van der Waals surface area contributed by atoms with E-state index in [0.29, 0.717) is 0 Å². The van der Waals surface area contributed by atoms with Crippen molar-refractivity contribution in [1.29, 1.82) is 0 Å². The van der Waals surface area contributed by atoms with E-state index in [0.717, 1.165) is 0 Å². The Morgan fingerprint density at radius 1 is 0.111 bits per heavy atom. The molecular weight excluding hydrogens is 649 g/mol. The van der Waals surface area contributed by atoms with Crippen LogP contribution in [0.3, 0.4) is 0 Å². The normalized spacial score (nSPS) is 11.0. The van der Waals surface area contributed by atoms with Crippen LogP contribution in [0.25, 0.3) is 89.0 Å². The van der Waals surface area contributed by atoms with E-state index in [1.165, 1.54) is 89.0 Å². The van der Waals surface area contributed by atoms with Crippen molar-refractivity contribution in [2.24, 2.45) is 0 Å². The van der Waals surface area contributed by atoms with Gasteiger partial charge < -0.3 is 0 Å². The number of hydrogen-bond donors (Lipinski definition) is 0. The minimum absolute atomic E-state index is 1.19. The molecule has 0 aliphatic rings. The van der Waals surface area contributed by atoms with E-state index in [1.54, 1.807) is 0 Å². The number of benzene rings is 9. The number of hydrogen-bond acceptors (Lipinski definition) is 0.